The van der Waals surface area contributed by atoms with E-state index in [0.29, 0.717) is 11.6 Å². The lowest BCUT2D eigenvalue weighted by atomic mass is 10.1. The van der Waals surface area contributed by atoms with Gasteiger partial charge < -0.3 is 16.0 Å². The summed E-state index contributed by atoms with van der Waals surface area (Å²) in [5.74, 6) is -0.306. The van der Waals surface area contributed by atoms with Gasteiger partial charge in [-0.2, -0.15) is 0 Å². The average molecular weight is 259 g/mol. The number of carbonyl (C=O) groups excluding carboxylic acids is 2. The van der Waals surface area contributed by atoms with Crippen molar-refractivity contribution in [2.24, 2.45) is 0 Å². The molecule has 1 aliphatic heterocycles. The maximum absolute atomic E-state index is 11.9. The van der Waals surface area contributed by atoms with Crippen LogP contribution in [0, 0.1) is 0 Å². The molecule has 1 aromatic carbocycles. The Morgan fingerprint density at radius 1 is 1.21 bits per heavy atom. The molecular formula is C14H17N3O2. The van der Waals surface area contributed by atoms with Crippen molar-refractivity contribution in [1.82, 2.24) is 16.0 Å². The highest BCUT2D eigenvalue weighted by molar-refractivity contribution is 5.96. The molecule has 5 heteroatoms. The third-order valence-electron chi connectivity index (χ3n) is 3.45. The van der Waals surface area contributed by atoms with E-state index in [9.17, 15) is 9.59 Å². The monoisotopic (exact) mass is 259 g/mol. The molecule has 3 N–H and O–H groups in total. The molecule has 100 valence electrons. The molecule has 1 aliphatic carbocycles. The minimum Gasteiger partial charge on any atom is -0.352 e. The Kier molecular flexibility index (Phi) is 3.21. The van der Waals surface area contributed by atoms with Crippen molar-refractivity contribution in [2.45, 2.75) is 32.0 Å². The van der Waals surface area contributed by atoms with Crippen LogP contribution in [-0.2, 0) is 17.9 Å². The van der Waals surface area contributed by atoms with Gasteiger partial charge in [-0.3, -0.25) is 9.59 Å². The lowest BCUT2D eigenvalue weighted by Crippen LogP contribution is -2.37. The quantitative estimate of drug-likeness (QED) is 0.728. The van der Waals surface area contributed by atoms with E-state index in [4.69, 9.17) is 0 Å². The van der Waals surface area contributed by atoms with Crippen LogP contribution in [0.25, 0.3) is 0 Å². The van der Waals surface area contributed by atoms with Gasteiger partial charge in [0, 0.05) is 24.7 Å². The van der Waals surface area contributed by atoms with Crippen LogP contribution in [0.4, 0.5) is 0 Å². The van der Waals surface area contributed by atoms with Crippen LogP contribution >= 0.6 is 0 Å². The van der Waals surface area contributed by atoms with Crippen molar-refractivity contribution in [3.05, 3.63) is 34.9 Å². The number of fused-ring (bicyclic) bond motifs is 1. The van der Waals surface area contributed by atoms with Crippen LogP contribution in [0.1, 0.15) is 34.3 Å². The number of amides is 2. The van der Waals surface area contributed by atoms with E-state index in [2.05, 4.69) is 16.0 Å². The summed E-state index contributed by atoms with van der Waals surface area (Å²) in [6.07, 6.45) is 2.11. The van der Waals surface area contributed by atoms with Crippen LogP contribution in [0.2, 0.25) is 0 Å². The Bertz CT molecular complexity index is 523. The zero-order valence-electron chi connectivity index (χ0n) is 10.7. The molecule has 2 amide bonds. The molecule has 0 bridgehead atoms. The molecule has 0 atom stereocenters. The molecule has 1 heterocycles. The van der Waals surface area contributed by atoms with E-state index in [1.165, 1.54) is 5.56 Å². The van der Waals surface area contributed by atoms with E-state index in [0.717, 1.165) is 31.5 Å². The molecule has 0 spiro atoms. The lowest BCUT2D eigenvalue weighted by Gasteiger charge is -2.07. The van der Waals surface area contributed by atoms with Crippen LogP contribution in [0.5, 0.6) is 0 Å². The summed E-state index contributed by atoms with van der Waals surface area (Å²) in [7, 11) is 0. The van der Waals surface area contributed by atoms with E-state index < -0.39 is 0 Å². The summed E-state index contributed by atoms with van der Waals surface area (Å²) in [6.45, 7) is 1.71. The number of hydrogen-bond acceptors (Lipinski definition) is 3. The SMILES string of the molecule is O=C(CNC(=O)c1ccc2c(c1)CNC2)NC1CC1. The summed E-state index contributed by atoms with van der Waals surface area (Å²) in [5, 5.41) is 8.73. The smallest absolute Gasteiger partial charge is 0.251 e. The average Bonchev–Trinajstić information content (AvgIpc) is 3.09. The molecule has 19 heavy (non-hydrogen) atoms. The van der Waals surface area contributed by atoms with E-state index >= 15 is 0 Å². The van der Waals surface area contributed by atoms with Crippen molar-refractivity contribution < 1.29 is 9.59 Å². The number of benzene rings is 1. The minimum atomic E-state index is -0.194. The summed E-state index contributed by atoms with van der Waals surface area (Å²) in [4.78, 5) is 23.4. The first-order chi connectivity index (χ1) is 9.22. The predicted molar refractivity (Wildman–Crippen MR) is 70.5 cm³/mol. The Labute approximate surface area is 111 Å². The van der Waals surface area contributed by atoms with E-state index in [-0.39, 0.29) is 18.4 Å². The Balaban J connectivity index is 1.56. The summed E-state index contributed by atoms with van der Waals surface area (Å²) in [5.41, 5.74) is 3.01. The molecule has 0 unspecified atom stereocenters. The zero-order chi connectivity index (χ0) is 13.2. The second-order valence-electron chi connectivity index (χ2n) is 5.11. The third-order valence-corrected chi connectivity index (χ3v) is 3.45. The fourth-order valence-corrected chi connectivity index (χ4v) is 2.21. The van der Waals surface area contributed by atoms with Crippen molar-refractivity contribution in [3.8, 4) is 0 Å². The maximum atomic E-state index is 11.9. The van der Waals surface area contributed by atoms with Crippen molar-refractivity contribution in [3.63, 3.8) is 0 Å². The number of rotatable bonds is 4. The molecule has 3 rings (SSSR count). The van der Waals surface area contributed by atoms with Crippen LogP contribution in [-0.4, -0.2) is 24.4 Å². The topological polar surface area (TPSA) is 70.2 Å². The first kappa shape index (κ1) is 12.2. The summed E-state index contributed by atoms with van der Waals surface area (Å²) < 4.78 is 0. The van der Waals surface area contributed by atoms with Gasteiger partial charge in [-0.1, -0.05) is 6.07 Å². The second-order valence-corrected chi connectivity index (χ2v) is 5.11. The molecule has 1 aromatic rings. The predicted octanol–water partition coefficient (Wildman–Crippen LogP) is 0.298. The first-order valence-corrected chi connectivity index (χ1v) is 6.62. The van der Waals surface area contributed by atoms with Gasteiger partial charge in [0.05, 0.1) is 6.54 Å². The normalized spacial score (nSPS) is 16.8. The van der Waals surface area contributed by atoms with Crippen molar-refractivity contribution in [2.75, 3.05) is 6.54 Å². The van der Waals surface area contributed by atoms with Crippen LogP contribution in [0.3, 0.4) is 0 Å². The Morgan fingerprint density at radius 3 is 2.79 bits per heavy atom. The van der Waals surface area contributed by atoms with Gasteiger partial charge in [0.25, 0.3) is 5.91 Å². The van der Waals surface area contributed by atoms with Crippen molar-refractivity contribution in [1.29, 1.82) is 0 Å². The summed E-state index contributed by atoms with van der Waals surface area (Å²) in [6, 6.07) is 5.99. The first-order valence-electron chi connectivity index (χ1n) is 6.62. The highest BCUT2D eigenvalue weighted by Gasteiger charge is 2.23. The molecule has 5 nitrogen and oxygen atoms in total. The third kappa shape index (κ3) is 2.93. The Morgan fingerprint density at radius 2 is 2.00 bits per heavy atom. The maximum Gasteiger partial charge on any atom is 0.251 e. The van der Waals surface area contributed by atoms with E-state index in [1.54, 1.807) is 6.07 Å². The van der Waals surface area contributed by atoms with Gasteiger partial charge in [0.2, 0.25) is 5.91 Å². The number of carbonyl (C=O) groups is 2. The largest absolute Gasteiger partial charge is 0.352 e. The lowest BCUT2D eigenvalue weighted by molar-refractivity contribution is -0.120. The van der Waals surface area contributed by atoms with Crippen LogP contribution in [0.15, 0.2) is 18.2 Å². The molecule has 0 radical (unpaired) electrons. The number of hydrogen-bond donors (Lipinski definition) is 3. The standard InChI is InChI=1S/C14H17N3O2/c18-13(17-12-3-4-12)8-16-14(19)9-1-2-10-6-15-7-11(10)5-9/h1-2,5,12,15H,3-4,6-8H2,(H,16,19)(H,17,18). The highest BCUT2D eigenvalue weighted by Crippen LogP contribution is 2.18. The van der Waals surface area contributed by atoms with Gasteiger partial charge in [0.15, 0.2) is 0 Å². The fraction of sp³-hybridized carbons (Fsp3) is 0.429. The summed E-state index contributed by atoms with van der Waals surface area (Å²) >= 11 is 0. The Hall–Kier alpha value is -1.88. The van der Waals surface area contributed by atoms with Gasteiger partial charge in [0.1, 0.15) is 0 Å². The van der Waals surface area contributed by atoms with Gasteiger partial charge >= 0.3 is 0 Å². The number of nitrogens with one attached hydrogen (secondary N) is 3. The molecule has 0 aromatic heterocycles. The second kappa shape index (κ2) is 5.01. The molecule has 1 fully saturated rings. The molecule has 1 saturated carbocycles. The minimum absolute atomic E-state index is 0.0463. The zero-order valence-corrected chi connectivity index (χ0v) is 10.7. The molecule has 0 saturated heterocycles. The highest BCUT2D eigenvalue weighted by atomic mass is 16.2. The fourth-order valence-electron chi connectivity index (χ4n) is 2.21. The molecular weight excluding hydrogens is 242 g/mol. The van der Waals surface area contributed by atoms with Gasteiger partial charge in [-0.15, -0.1) is 0 Å². The molecule has 2 aliphatic rings. The van der Waals surface area contributed by atoms with Crippen molar-refractivity contribution >= 4 is 11.8 Å². The van der Waals surface area contributed by atoms with E-state index in [1.807, 2.05) is 12.1 Å². The van der Waals surface area contributed by atoms with Gasteiger partial charge in [-0.25, -0.2) is 0 Å². The van der Waals surface area contributed by atoms with Crippen LogP contribution < -0.4 is 16.0 Å². The van der Waals surface area contributed by atoms with Gasteiger partial charge in [-0.05, 0) is 36.1 Å².